The minimum absolute atomic E-state index is 0.238. The molecule has 1 rings (SSSR count). The lowest BCUT2D eigenvalue weighted by Gasteiger charge is -2.21. The number of carbonyl (C=O) groups excluding carboxylic acids is 1. The Labute approximate surface area is 97.0 Å². The Hall–Kier alpha value is -1.32. The van der Waals surface area contributed by atoms with E-state index < -0.39 is 0 Å². The Morgan fingerprint density at radius 2 is 2.25 bits per heavy atom. The highest BCUT2D eigenvalue weighted by Crippen LogP contribution is 2.30. The maximum Gasteiger partial charge on any atom is 0.335 e. The van der Waals surface area contributed by atoms with Crippen LogP contribution in [-0.4, -0.2) is 38.4 Å². The highest BCUT2D eigenvalue weighted by molar-refractivity contribution is 5.89. The number of hydrogen-bond donors (Lipinski definition) is 0. The molecule has 0 heterocycles. The van der Waals surface area contributed by atoms with Crippen molar-refractivity contribution in [2.24, 2.45) is 10.9 Å². The molecule has 0 aliphatic heterocycles. The molecule has 0 aromatic heterocycles. The molecule has 16 heavy (non-hydrogen) atoms. The fourth-order valence-corrected chi connectivity index (χ4v) is 1.75. The van der Waals surface area contributed by atoms with E-state index in [0.29, 0.717) is 5.92 Å². The second kappa shape index (κ2) is 5.68. The number of esters is 1. The number of ether oxygens (including phenoxy) is 1. The Morgan fingerprint density at radius 1 is 1.56 bits per heavy atom. The molecule has 4 nitrogen and oxygen atoms in total. The van der Waals surface area contributed by atoms with Crippen LogP contribution in [0.1, 0.15) is 26.2 Å². The first-order chi connectivity index (χ1) is 7.54. The van der Waals surface area contributed by atoms with Crippen LogP contribution >= 0.6 is 0 Å². The summed E-state index contributed by atoms with van der Waals surface area (Å²) in [5.41, 5.74) is 1.61. The first-order valence-corrected chi connectivity index (χ1v) is 5.55. The zero-order chi connectivity index (χ0) is 12.1. The zero-order valence-corrected chi connectivity index (χ0v) is 10.5. The second-order valence-corrected chi connectivity index (χ2v) is 4.47. The number of allylic oxidation sites excluding steroid dienone is 1. The van der Waals surface area contributed by atoms with E-state index in [1.54, 1.807) is 6.34 Å². The number of aliphatic imine (C=N–C) groups is 1. The molecule has 0 unspecified atom stereocenters. The maximum atomic E-state index is 11.6. The standard InChI is InChI=1S/C12H20N2O2/c1-9-5-6-10(12(15)16-4)11(7-9)13-8-14(2)3/h8-9H,5-7H2,1-4H3/b13-8-/t9-/m0/s1. The van der Waals surface area contributed by atoms with Gasteiger partial charge in [-0.1, -0.05) is 6.92 Å². The van der Waals surface area contributed by atoms with Gasteiger partial charge in [0.15, 0.2) is 0 Å². The number of methoxy groups -OCH3 is 1. The third-order valence-corrected chi connectivity index (χ3v) is 2.65. The minimum Gasteiger partial charge on any atom is -0.466 e. The van der Waals surface area contributed by atoms with Crippen molar-refractivity contribution in [2.75, 3.05) is 21.2 Å². The Bertz CT molecular complexity index is 319. The largest absolute Gasteiger partial charge is 0.466 e. The van der Waals surface area contributed by atoms with Gasteiger partial charge in [-0.25, -0.2) is 9.79 Å². The van der Waals surface area contributed by atoms with Gasteiger partial charge in [0.05, 0.1) is 24.7 Å². The summed E-state index contributed by atoms with van der Waals surface area (Å²) in [7, 11) is 5.24. The third-order valence-electron chi connectivity index (χ3n) is 2.65. The van der Waals surface area contributed by atoms with Gasteiger partial charge >= 0.3 is 5.97 Å². The minimum atomic E-state index is -0.238. The molecule has 4 heteroatoms. The molecule has 0 aromatic rings. The van der Waals surface area contributed by atoms with Gasteiger partial charge < -0.3 is 9.64 Å². The van der Waals surface area contributed by atoms with Crippen LogP contribution in [0.2, 0.25) is 0 Å². The van der Waals surface area contributed by atoms with Crippen LogP contribution in [0.25, 0.3) is 0 Å². The number of rotatable bonds is 3. The maximum absolute atomic E-state index is 11.6. The lowest BCUT2D eigenvalue weighted by Crippen LogP contribution is -2.16. The van der Waals surface area contributed by atoms with Crippen LogP contribution in [0.5, 0.6) is 0 Å². The summed E-state index contributed by atoms with van der Waals surface area (Å²) in [5.74, 6) is 0.348. The molecule has 0 radical (unpaired) electrons. The molecular formula is C12H20N2O2. The summed E-state index contributed by atoms with van der Waals surface area (Å²) in [6.45, 7) is 2.18. The van der Waals surface area contributed by atoms with Crippen LogP contribution < -0.4 is 0 Å². The zero-order valence-electron chi connectivity index (χ0n) is 10.5. The van der Waals surface area contributed by atoms with Gasteiger partial charge in [0.2, 0.25) is 0 Å². The van der Waals surface area contributed by atoms with Crippen LogP contribution in [0, 0.1) is 5.92 Å². The van der Waals surface area contributed by atoms with E-state index in [-0.39, 0.29) is 5.97 Å². The smallest absolute Gasteiger partial charge is 0.335 e. The lowest BCUT2D eigenvalue weighted by molar-refractivity contribution is -0.136. The molecule has 1 atom stereocenters. The van der Waals surface area contributed by atoms with Gasteiger partial charge in [0.25, 0.3) is 0 Å². The van der Waals surface area contributed by atoms with E-state index >= 15 is 0 Å². The van der Waals surface area contributed by atoms with E-state index in [4.69, 9.17) is 4.74 Å². The van der Waals surface area contributed by atoms with E-state index in [0.717, 1.165) is 30.5 Å². The van der Waals surface area contributed by atoms with Gasteiger partial charge in [-0.15, -0.1) is 0 Å². The average molecular weight is 224 g/mol. The number of nitrogens with zero attached hydrogens (tertiary/aromatic N) is 2. The molecule has 0 spiro atoms. The molecule has 0 amide bonds. The monoisotopic (exact) mass is 224 g/mol. The van der Waals surface area contributed by atoms with Crippen LogP contribution in [0.4, 0.5) is 0 Å². The van der Waals surface area contributed by atoms with Crippen molar-refractivity contribution in [3.8, 4) is 0 Å². The molecule has 1 aliphatic carbocycles. The quantitative estimate of drug-likeness (QED) is 0.417. The van der Waals surface area contributed by atoms with Crippen molar-refractivity contribution in [3.05, 3.63) is 11.3 Å². The molecule has 0 aromatic carbocycles. The highest BCUT2D eigenvalue weighted by Gasteiger charge is 2.22. The predicted octanol–water partition coefficient (Wildman–Crippen LogP) is 1.82. The van der Waals surface area contributed by atoms with E-state index in [9.17, 15) is 4.79 Å². The van der Waals surface area contributed by atoms with Crippen molar-refractivity contribution in [3.63, 3.8) is 0 Å². The molecule has 0 saturated heterocycles. The first kappa shape index (κ1) is 12.7. The number of carbonyl (C=O) groups is 1. The van der Waals surface area contributed by atoms with Crippen molar-refractivity contribution in [2.45, 2.75) is 26.2 Å². The molecule has 0 bridgehead atoms. The Balaban J connectivity index is 2.92. The first-order valence-electron chi connectivity index (χ1n) is 5.55. The summed E-state index contributed by atoms with van der Waals surface area (Å²) < 4.78 is 4.78. The highest BCUT2D eigenvalue weighted by atomic mass is 16.5. The molecular weight excluding hydrogens is 204 g/mol. The van der Waals surface area contributed by atoms with Gasteiger partial charge in [-0.3, -0.25) is 0 Å². The summed E-state index contributed by atoms with van der Waals surface area (Å²) in [6, 6.07) is 0. The predicted molar refractivity (Wildman–Crippen MR) is 64.2 cm³/mol. The summed E-state index contributed by atoms with van der Waals surface area (Å²) in [5, 5.41) is 0. The fraction of sp³-hybridized carbons (Fsp3) is 0.667. The average Bonchev–Trinajstić information content (AvgIpc) is 2.25. The summed E-state index contributed by atoms with van der Waals surface area (Å²) >= 11 is 0. The topological polar surface area (TPSA) is 41.9 Å². The van der Waals surface area contributed by atoms with Crippen LogP contribution in [0.3, 0.4) is 0 Å². The van der Waals surface area contributed by atoms with E-state index in [1.807, 2.05) is 19.0 Å². The van der Waals surface area contributed by atoms with Gasteiger partial charge in [0.1, 0.15) is 0 Å². The van der Waals surface area contributed by atoms with Crippen molar-refractivity contribution < 1.29 is 9.53 Å². The van der Waals surface area contributed by atoms with Gasteiger partial charge in [0, 0.05) is 14.1 Å². The molecule has 90 valence electrons. The van der Waals surface area contributed by atoms with E-state index in [1.165, 1.54) is 7.11 Å². The molecule has 1 aliphatic rings. The SMILES string of the molecule is COC(=O)C1=C(/N=C\N(C)C)C[C@@H](C)CC1. The Morgan fingerprint density at radius 3 is 2.81 bits per heavy atom. The fourth-order valence-electron chi connectivity index (χ4n) is 1.75. The van der Waals surface area contributed by atoms with E-state index in [2.05, 4.69) is 11.9 Å². The second-order valence-electron chi connectivity index (χ2n) is 4.47. The lowest BCUT2D eigenvalue weighted by atomic mass is 9.88. The third kappa shape index (κ3) is 3.36. The molecule has 0 N–H and O–H groups in total. The number of hydrogen-bond acceptors (Lipinski definition) is 3. The van der Waals surface area contributed by atoms with Crippen molar-refractivity contribution >= 4 is 12.3 Å². The Kier molecular flexibility index (Phi) is 4.52. The summed E-state index contributed by atoms with van der Waals surface area (Å²) in [4.78, 5) is 17.8. The summed E-state index contributed by atoms with van der Waals surface area (Å²) in [6.07, 6.45) is 4.39. The van der Waals surface area contributed by atoms with Crippen molar-refractivity contribution in [1.82, 2.24) is 4.90 Å². The molecule has 0 fully saturated rings. The van der Waals surface area contributed by atoms with Gasteiger partial charge in [-0.05, 0) is 25.2 Å². The van der Waals surface area contributed by atoms with Crippen molar-refractivity contribution in [1.29, 1.82) is 0 Å². The van der Waals surface area contributed by atoms with Gasteiger partial charge in [-0.2, -0.15) is 0 Å². The van der Waals surface area contributed by atoms with Crippen LogP contribution in [-0.2, 0) is 9.53 Å². The normalized spacial score (nSPS) is 21.4. The van der Waals surface area contributed by atoms with Crippen LogP contribution in [0.15, 0.2) is 16.3 Å². The molecule has 0 saturated carbocycles.